The van der Waals surface area contributed by atoms with Gasteiger partial charge in [0, 0.05) is 6.20 Å². The van der Waals surface area contributed by atoms with E-state index in [1.54, 1.807) is 19.1 Å². The number of nitrogens with zero attached hydrogens (tertiary/aromatic N) is 1. The molecule has 0 spiro atoms. The number of nitrogens with one attached hydrogen (secondary N) is 1. The fourth-order valence-electron chi connectivity index (χ4n) is 1.84. The highest BCUT2D eigenvalue weighted by molar-refractivity contribution is 5.92. The molecule has 0 aliphatic carbocycles. The normalized spacial score (nSPS) is 13.5. The number of carbonyl (C=O) groups excluding carboxylic acids is 1. The number of hydrogen-bond acceptors (Lipinski definition) is 3. The lowest BCUT2D eigenvalue weighted by molar-refractivity contribution is 0.0846. The summed E-state index contributed by atoms with van der Waals surface area (Å²) in [7, 11) is 0. The second kappa shape index (κ2) is 6.41. The molecule has 0 aliphatic rings. The monoisotopic (exact) mass is 292 g/mol. The van der Waals surface area contributed by atoms with Gasteiger partial charge in [0.05, 0.1) is 12.1 Å². The van der Waals surface area contributed by atoms with Gasteiger partial charge in [-0.3, -0.25) is 9.78 Å². The van der Waals surface area contributed by atoms with E-state index < -0.39 is 29.7 Å². The van der Waals surface area contributed by atoms with E-state index in [1.807, 2.05) is 0 Å². The van der Waals surface area contributed by atoms with Gasteiger partial charge in [-0.05, 0) is 36.8 Å². The van der Waals surface area contributed by atoms with Crippen molar-refractivity contribution in [3.63, 3.8) is 0 Å². The average Bonchev–Trinajstić information content (AvgIpc) is 2.50. The molecule has 4 nitrogen and oxygen atoms in total. The fourth-order valence-corrected chi connectivity index (χ4v) is 1.84. The number of benzene rings is 1. The molecule has 6 heteroatoms. The number of aliphatic hydroxyl groups excluding tert-OH is 1. The second-order valence-electron chi connectivity index (χ2n) is 4.60. The van der Waals surface area contributed by atoms with E-state index in [-0.39, 0.29) is 11.3 Å². The Labute approximate surface area is 120 Å². The zero-order chi connectivity index (χ0) is 15.4. The number of halogens is 2. The van der Waals surface area contributed by atoms with Crippen LogP contribution >= 0.6 is 0 Å². The minimum absolute atomic E-state index is 0.183. The molecule has 1 heterocycles. The zero-order valence-corrected chi connectivity index (χ0v) is 11.3. The van der Waals surface area contributed by atoms with Gasteiger partial charge in [0.25, 0.3) is 5.91 Å². The number of hydrogen-bond donors (Lipinski definition) is 2. The van der Waals surface area contributed by atoms with Gasteiger partial charge in [-0.2, -0.15) is 0 Å². The third-order valence-corrected chi connectivity index (χ3v) is 3.02. The third-order valence-electron chi connectivity index (χ3n) is 3.02. The topological polar surface area (TPSA) is 62.2 Å². The van der Waals surface area contributed by atoms with Crippen LogP contribution in [0, 0.1) is 11.6 Å². The van der Waals surface area contributed by atoms with E-state index in [4.69, 9.17) is 0 Å². The van der Waals surface area contributed by atoms with E-state index in [2.05, 4.69) is 10.3 Å². The molecule has 21 heavy (non-hydrogen) atoms. The van der Waals surface area contributed by atoms with Crippen LogP contribution < -0.4 is 5.32 Å². The van der Waals surface area contributed by atoms with E-state index in [0.29, 0.717) is 0 Å². The summed E-state index contributed by atoms with van der Waals surface area (Å²) in [4.78, 5) is 15.8. The molecule has 1 aromatic heterocycles. The summed E-state index contributed by atoms with van der Waals surface area (Å²) in [5, 5.41) is 12.6. The minimum atomic E-state index is -1.16. The van der Waals surface area contributed by atoms with Crippen molar-refractivity contribution >= 4 is 5.91 Å². The van der Waals surface area contributed by atoms with Crippen LogP contribution in [0.4, 0.5) is 8.78 Å². The molecule has 0 radical (unpaired) electrons. The highest BCUT2D eigenvalue weighted by atomic mass is 19.2. The number of aliphatic hydroxyl groups is 1. The summed E-state index contributed by atoms with van der Waals surface area (Å²) in [5.74, 6) is -2.49. The highest BCUT2D eigenvalue weighted by Crippen LogP contribution is 2.19. The van der Waals surface area contributed by atoms with Crippen molar-refractivity contribution in [2.75, 3.05) is 0 Å². The van der Waals surface area contributed by atoms with Crippen LogP contribution in [0.25, 0.3) is 0 Å². The van der Waals surface area contributed by atoms with Crippen LogP contribution in [0.1, 0.15) is 29.1 Å². The van der Waals surface area contributed by atoms with E-state index >= 15 is 0 Å². The van der Waals surface area contributed by atoms with Gasteiger partial charge in [0.2, 0.25) is 0 Å². The number of aromatic nitrogens is 1. The van der Waals surface area contributed by atoms with Gasteiger partial charge < -0.3 is 10.4 Å². The number of pyridine rings is 1. The molecule has 110 valence electrons. The maximum atomic E-state index is 13.1. The molecule has 2 aromatic rings. The molecule has 0 saturated carbocycles. The maximum absolute atomic E-state index is 13.1. The lowest BCUT2D eigenvalue weighted by Gasteiger charge is -2.20. The summed E-state index contributed by atoms with van der Waals surface area (Å²) < 4.78 is 26.0. The Kier molecular flexibility index (Phi) is 4.59. The van der Waals surface area contributed by atoms with Crippen molar-refractivity contribution in [1.82, 2.24) is 10.3 Å². The van der Waals surface area contributed by atoms with Crippen LogP contribution in [0.15, 0.2) is 42.6 Å². The van der Waals surface area contributed by atoms with Gasteiger partial charge in [0.15, 0.2) is 11.6 Å². The number of amides is 1. The molecule has 0 saturated heterocycles. The molecule has 2 rings (SSSR count). The van der Waals surface area contributed by atoms with Crippen molar-refractivity contribution in [2.24, 2.45) is 0 Å². The van der Waals surface area contributed by atoms with E-state index in [0.717, 1.165) is 12.1 Å². The van der Waals surface area contributed by atoms with Crippen molar-refractivity contribution < 1.29 is 18.7 Å². The molecule has 1 amide bonds. The van der Waals surface area contributed by atoms with Gasteiger partial charge in [-0.15, -0.1) is 0 Å². The van der Waals surface area contributed by atoms with Gasteiger partial charge >= 0.3 is 0 Å². The van der Waals surface area contributed by atoms with Gasteiger partial charge in [-0.25, -0.2) is 8.78 Å². The molecule has 0 bridgehead atoms. The largest absolute Gasteiger partial charge is 0.386 e. The SMILES string of the molecule is CC(NC(=O)c1ccccn1)C(O)c1ccc(F)c(F)c1. The summed E-state index contributed by atoms with van der Waals surface area (Å²) >= 11 is 0. The first-order valence-corrected chi connectivity index (χ1v) is 6.34. The van der Waals surface area contributed by atoms with Crippen molar-refractivity contribution in [3.05, 3.63) is 65.5 Å². The Morgan fingerprint density at radius 1 is 1.24 bits per heavy atom. The molecular weight excluding hydrogens is 278 g/mol. The lowest BCUT2D eigenvalue weighted by atomic mass is 10.0. The summed E-state index contributed by atoms with van der Waals surface area (Å²) in [5.41, 5.74) is 0.393. The first-order chi connectivity index (χ1) is 9.99. The number of rotatable bonds is 4. The predicted octanol–water partition coefficient (Wildman–Crippen LogP) is 2.21. The number of carbonyl (C=O) groups is 1. The molecule has 2 N–H and O–H groups in total. The van der Waals surface area contributed by atoms with Crippen LogP contribution in [-0.2, 0) is 0 Å². The Hall–Kier alpha value is -2.34. The summed E-state index contributed by atoms with van der Waals surface area (Å²) in [6, 6.07) is 7.29. The van der Waals surface area contributed by atoms with Crippen molar-refractivity contribution in [2.45, 2.75) is 19.1 Å². The second-order valence-corrected chi connectivity index (χ2v) is 4.60. The van der Waals surface area contributed by atoms with Crippen LogP contribution in [0.3, 0.4) is 0 Å². The Morgan fingerprint density at radius 3 is 2.62 bits per heavy atom. The minimum Gasteiger partial charge on any atom is -0.386 e. The van der Waals surface area contributed by atoms with E-state index in [1.165, 1.54) is 18.3 Å². The standard InChI is InChI=1S/C15H14F2N2O2/c1-9(19-15(21)13-4-2-3-7-18-13)14(20)10-5-6-11(16)12(17)8-10/h2-9,14,20H,1H3,(H,19,21). The van der Waals surface area contributed by atoms with Crippen LogP contribution in [-0.4, -0.2) is 22.0 Å². The molecule has 2 atom stereocenters. The first kappa shape index (κ1) is 15.1. The quantitative estimate of drug-likeness (QED) is 0.908. The lowest BCUT2D eigenvalue weighted by Crippen LogP contribution is -2.37. The first-order valence-electron chi connectivity index (χ1n) is 6.34. The summed E-state index contributed by atoms with van der Waals surface area (Å²) in [6.45, 7) is 1.56. The van der Waals surface area contributed by atoms with Crippen LogP contribution in [0.5, 0.6) is 0 Å². The fraction of sp³-hybridized carbons (Fsp3) is 0.200. The average molecular weight is 292 g/mol. The Morgan fingerprint density at radius 2 is 2.00 bits per heavy atom. The molecule has 0 aliphatic heterocycles. The highest BCUT2D eigenvalue weighted by Gasteiger charge is 2.20. The molecule has 2 unspecified atom stereocenters. The predicted molar refractivity (Wildman–Crippen MR) is 72.5 cm³/mol. The van der Waals surface area contributed by atoms with Crippen molar-refractivity contribution in [1.29, 1.82) is 0 Å². The van der Waals surface area contributed by atoms with E-state index in [9.17, 15) is 18.7 Å². The molecule has 1 aromatic carbocycles. The van der Waals surface area contributed by atoms with Gasteiger partial charge in [-0.1, -0.05) is 12.1 Å². The third kappa shape index (κ3) is 3.61. The molecular formula is C15H14F2N2O2. The maximum Gasteiger partial charge on any atom is 0.270 e. The Bertz CT molecular complexity index is 635. The Balaban J connectivity index is 2.07. The summed E-state index contributed by atoms with van der Waals surface area (Å²) in [6.07, 6.45) is 0.318. The van der Waals surface area contributed by atoms with Crippen LogP contribution in [0.2, 0.25) is 0 Å². The smallest absolute Gasteiger partial charge is 0.270 e. The van der Waals surface area contributed by atoms with Crippen molar-refractivity contribution in [3.8, 4) is 0 Å². The van der Waals surface area contributed by atoms with Gasteiger partial charge in [0.1, 0.15) is 5.69 Å². The molecule has 0 fully saturated rings. The zero-order valence-electron chi connectivity index (χ0n) is 11.3.